The molecule has 3 amide bonds. The zero-order chi connectivity index (χ0) is 22.1. The quantitative estimate of drug-likeness (QED) is 0.139. The summed E-state index contributed by atoms with van der Waals surface area (Å²) in [5.41, 5.74) is 1.69. The number of anilines is 1. The molecule has 0 bridgehead atoms. The Kier molecular flexibility index (Phi) is 11.1. The molecular weight excluding hydrogens is 507 g/mol. The minimum Gasteiger partial charge on any atom is -0.370 e. The lowest BCUT2D eigenvalue weighted by molar-refractivity contribution is -0.130. The number of carbonyl (C=O) groups is 2. The molecule has 31 heavy (non-hydrogen) atoms. The minimum absolute atomic E-state index is 0. The monoisotopic (exact) mass is 544 g/mol. The van der Waals surface area contributed by atoms with Gasteiger partial charge in [0.25, 0.3) is 5.91 Å². The Balaban J connectivity index is 0.00000480. The highest BCUT2D eigenvalue weighted by molar-refractivity contribution is 14.0. The number of carbonyl (C=O) groups excluding carboxylic acids is 2. The smallest absolute Gasteiger partial charge is 0.325 e. The first kappa shape index (κ1) is 27.0. The van der Waals surface area contributed by atoms with Crippen molar-refractivity contribution >= 4 is 47.6 Å². The topological polar surface area (TPSA) is 89.1 Å². The lowest BCUT2D eigenvalue weighted by Crippen LogP contribution is -2.44. The first-order chi connectivity index (χ1) is 14.3. The molecule has 0 saturated carbocycles. The van der Waals surface area contributed by atoms with Gasteiger partial charge < -0.3 is 20.9 Å². The molecule has 1 fully saturated rings. The number of imide groups is 1. The van der Waals surface area contributed by atoms with Crippen molar-refractivity contribution < 1.29 is 9.59 Å². The molecule has 0 aromatic heterocycles. The van der Waals surface area contributed by atoms with Gasteiger partial charge in [-0.15, -0.1) is 24.0 Å². The number of halogens is 1. The summed E-state index contributed by atoms with van der Waals surface area (Å²) >= 11 is 0. The van der Waals surface area contributed by atoms with Crippen molar-refractivity contribution in [3.63, 3.8) is 0 Å². The number of urea groups is 1. The van der Waals surface area contributed by atoms with Gasteiger partial charge in [0, 0.05) is 45.5 Å². The summed E-state index contributed by atoms with van der Waals surface area (Å²) in [5, 5.41) is 9.35. The normalized spacial score (nSPS) is 18.5. The molecule has 1 aliphatic rings. The highest BCUT2D eigenvalue weighted by atomic mass is 127. The predicted molar refractivity (Wildman–Crippen MR) is 137 cm³/mol. The minimum atomic E-state index is -0.773. The molecule has 1 aromatic carbocycles. The van der Waals surface area contributed by atoms with Crippen LogP contribution in [0, 0.1) is 6.92 Å². The van der Waals surface area contributed by atoms with Crippen LogP contribution in [-0.2, 0) is 4.79 Å². The number of amides is 3. The Hall–Kier alpha value is -2.04. The number of benzene rings is 1. The predicted octanol–water partition coefficient (Wildman–Crippen LogP) is 2.71. The highest BCUT2D eigenvalue weighted by Gasteiger charge is 2.45. The first-order valence-corrected chi connectivity index (χ1v) is 10.7. The zero-order valence-electron chi connectivity index (χ0n) is 19.3. The van der Waals surface area contributed by atoms with Crippen LogP contribution in [0.1, 0.15) is 39.2 Å². The van der Waals surface area contributed by atoms with Gasteiger partial charge in [-0.3, -0.25) is 14.7 Å². The average Bonchev–Trinajstić information content (AvgIpc) is 2.95. The van der Waals surface area contributed by atoms with Crippen LogP contribution in [0.2, 0.25) is 0 Å². The molecule has 1 unspecified atom stereocenters. The fourth-order valence-corrected chi connectivity index (χ4v) is 3.46. The zero-order valence-corrected chi connectivity index (χ0v) is 21.7. The van der Waals surface area contributed by atoms with Gasteiger partial charge in [0.2, 0.25) is 0 Å². The largest absolute Gasteiger partial charge is 0.370 e. The number of aliphatic imine (C=N–C) groups is 1. The van der Waals surface area contributed by atoms with Gasteiger partial charge in [-0.25, -0.2) is 4.79 Å². The number of hydrogen-bond acceptors (Lipinski definition) is 4. The third kappa shape index (κ3) is 7.26. The van der Waals surface area contributed by atoms with Gasteiger partial charge in [-0.1, -0.05) is 19.1 Å². The molecule has 9 heteroatoms. The molecule has 174 valence electrons. The van der Waals surface area contributed by atoms with Crippen molar-refractivity contribution in [2.45, 2.75) is 46.1 Å². The molecule has 1 aliphatic heterocycles. The Bertz CT molecular complexity index is 772. The fraction of sp³-hybridized carbons (Fsp3) is 0.591. The highest BCUT2D eigenvalue weighted by Crippen LogP contribution is 2.20. The molecule has 0 radical (unpaired) electrons. The standard InChI is InChI=1S/C22H36N6O2.HI/c1-6-22(4)19(29)28(21(30)26-22)14-9-12-24-20(23-5)25-13-15-27(7-2)18-11-8-10-17(3)16-18;/h8,10-11,16H,6-7,9,12-15H2,1-5H3,(H,26,30)(H2,23,24,25);1H. The van der Waals surface area contributed by atoms with Gasteiger partial charge in [-0.05, 0) is 51.3 Å². The van der Waals surface area contributed by atoms with E-state index in [0.717, 1.165) is 19.6 Å². The maximum absolute atomic E-state index is 12.4. The van der Waals surface area contributed by atoms with Crippen LogP contribution >= 0.6 is 24.0 Å². The third-order valence-electron chi connectivity index (χ3n) is 5.55. The van der Waals surface area contributed by atoms with E-state index in [-0.39, 0.29) is 35.9 Å². The summed E-state index contributed by atoms with van der Waals surface area (Å²) in [7, 11) is 1.73. The molecule has 2 rings (SSSR count). The summed E-state index contributed by atoms with van der Waals surface area (Å²) in [6.07, 6.45) is 1.24. The van der Waals surface area contributed by atoms with E-state index < -0.39 is 5.54 Å². The number of rotatable bonds is 10. The van der Waals surface area contributed by atoms with Crippen molar-refractivity contribution in [3.8, 4) is 0 Å². The van der Waals surface area contributed by atoms with Crippen LogP contribution in [-0.4, -0.2) is 68.1 Å². The van der Waals surface area contributed by atoms with Gasteiger partial charge in [-0.2, -0.15) is 0 Å². The SMILES string of the molecule is CCN(CCNC(=NC)NCCCN1C(=O)NC(C)(CC)C1=O)c1cccc(C)c1.I. The van der Waals surface area contributed by atoms with E-state index in [9.17, 15) is 9.59 Å². The molecule has 0 aliphatic carbocycles. The molecule has 1 aromatic rings. The fourth-order valence-electron chi connectivity index (χ4n) is 3.46. The molecule has 0 spiro atoms. The second-order valence-electron chi connectivity index (χ2n) is 7.77. The van der Waals surface area contributed by atoms with Crippen LogP contribution in [0.25, 0.3) is 0 Å². The third-order valence-corrected chi connectivity index (χ3v) is 5.55. The van der Waals surface area contributed by atoms with Gasteiger partial charge in [0.05, 0.1) is 0 Å². The molecule has 1 heterocycles. The first-order valence-electron chi connectivity index (χ1n) is 10.7. The molecule has 3 N–H and O–H groups in total. The number of aryl methyl sites for hydroxylation is 1. The van der Waals surface area contributed by atoms with Crippen molar-refractivity contribution in [1.29, 1.82) is 0 Å². The van der Waals surface area contributed by atoms with Crippen LogP contribution in [0.4, 0.5) is 10.5 Å². The average molecular weight is 544 g/mol. The number of guanidine groups is 1. The van der Waals surface area contributed by atoms with Crippen LogP contribution in [0.3, 0.4) is 0 Å². The van der Waals surface area contributed by atoms with Gasteiger partial charge in [0.1, 0.15) is 5.54 Å². The second-order valence-corrected chi connectivity index (χ2v) is 7.77. The Labute approximate surface area is 203 Å². The summed E-state index contributed by atoms with van der Waals surface area (Å²) in [6, 6.07) is 8.19. The van der Waals surface area contributed by atoms with Gasteiger partial charge >= 0.3 is 6.03 Å². The van der Waals surface area contributed by atoms with E-state index >= 15 is 0 Å². The van der Waals surface area contributed by atoms with Crippen molar-refractivity contribution in [2.24, 2.45) is 4.99 Å². The summed E-state index contributed by atoms with van der Waals surface area (Å²) in [6.45, 7) is 11.5. The maximum Gasteiger partial charge on any atom is 0.325 e. The van der Waals surface area contributed by atoms with Crippen molar-refractivity contribution in [3.05, 3.63) is 29.8 Å². The molecule has 1 saturated heterocycles. The Morgan fingerprint density at radius 1 is 1.23 bits per heavy atom. The Morgan fingerprint density at radius 2 is 1.94 bits per heavy atom. The molecule has 1 atom stereocenters. The summed E-state index contributed by atoms with van der Waals surface area (Å²) < 4.78 is 0. The van der Waals surface area contributed by atoms with E-state index in [4.69, 9.17) is 0 Å². The van der Waals surface area contributed by atoms with E-state index in [1.807, 2.05) is 6.92 Å². The van der Waals surface area contributed by atoms with E-state index in [1.54, 1.807) is 14.0 Å². The van der Waals surface area contributed by atoms with Crippen LogP contribution in [0.15, 0.2) is 29.3 Å². The molecular formula is C22H37IN6O2. The van der Waals surface area contributed by atoms with E-state index in [1.165, 1.54) is 16.2 Å². The van der Waals surface area contributed by atoms with Gasteiger partial charge in [0.15, 0.2) is 5.96 Å². The lowest BCUT2D eigenvalue weighted by Gasteiger charge is -2.24. The Morgan fingerprint density at radius 3 is 2.52 bits per heavy atom. The van der Waals surface area contributed by atoms with Crippen LogP contribution in [0.5, 0.6) is 0 Å². The van der Waals surface area contributed by atoms with E-state index in [0.29, 0.717) is 31.9 Å². The molecule has 8 nitrogen and oxygen atoms in total. The van der Waals surface area contributed by atoms with Crippen molar-refractivity contribution in [1.82, 2.24) is 20.9 Å². The summed E-state index contributed by atoms with van der Waals surface area (Å²) in [4.78, 5) is 32.3. The number of nitrogens with zero attached hydrogens (tertiary/aromatic N) is 3. The van der Waals surface area contributed by atoms with E-state index in [2.05, 4.69) is 64.0 Å². The number of hydrogen-bond donors (Lipinski definition) is 3. The van der Waals surface area contributed by atoms with Crippen molar-refractivity contribution in [2.75, 3.05) is 44.7 Å². The second kappa shape index (κ2) is 12.7. The summed E-state index contributed by atoms with van der Waals surface area (Å²) in [5.74, 6) is 0.569. The van der Waals surface area contributed by atoms with Crippen LogP contribution < -0.4 is 20.9 Å². The number of likely N-dealkylation sites (N-methyl/N-ethyl adjacent to an activating group) is 1. The number of nitrogens with one attached hydrogen (secondary N) is 3. The maximum atomic E-state index is 12.4. The lowest BCUT2D eigenvalue weighted by atomic mass is 9.99.